The number of hydrogen-bond acceptors (Lipinski definition) is 4. The van der Waals surface area contributed by atoms with Gasteiger partial charge in [0.15, 0.2) is 11.5 Å². The van der Waals surface area contributed by atoms with Gasteiger partial charge < -0.3 is 19.3 Å². The molecule has 3 unspecified atom stereocenters. The summed E-state index contributed by atoms with van der Waals surface area (Å²) in [7, 11) is 4.77. The molecule has 1 aromatic rings. The quantitative estimate of drug-likeness (QED) is 0.902. The first-order chi connectivity index (χ1) is 10.1. The Morgan fingerprint density at radius 3 is 2.33 bits per heavy atom. The van der Waals surface area contributed by atoms with Crippen LogP contribution in [0.1, 0.15) is 44.3 Å². The molecule has 0 aromatic heterocycles. The summed E-state index contributed by atoms with van der Waals surface area (Å²) in [4.78, 5) is 0. The summed E-state index contributed by atoms with van der Waals surface area (Å²) in [6, 6.07) is 3.70. The lowest BCUT2D eigenvalue weighted by Gasteiger charge is -2.31. The molecule has 2 rings (SSSR count). The van der Waals surface area contributed by atoms with E-state index in [1.165, 1.54) is 12.8 Å². The van der Waals surface area contributed by atoms with Crippen molar-refractivity contribution in [2.45, 2.75) is 38.7 Å². The molecule has 1 N–H and O–H groups in total. The number of methoxy groups -OCH3 is 3. The van der Waals surface area contributed by atoms with Crippen LogP contribution in [0.4, 0.5) is 0 Å². The molecule has 0 bridgehead atoms. The fourth-order valence-corrected chi connectivity index (χ4v) is 3.38. The van der Waals surface area contributed by atoms with E-state index in [0.717, 1.165) is 18.4 Å². The molecule has 118 valence electrons. The number of benzene rings is 1. The van der Waals surface area contributed by atoms with Gasteiger partial charge in [-0.25, -0.2) is 0 Å². The molecule has 0 spiro atoms. The Bertz CT molecular complexity index is 472. The van der Waals surface area contributed by atoms with E-state index < -0.39 is 6.10 Å². The van der Waals surface area contributed by atoms with E-state index in [1.54, 1.807) is 21.3 Å². The van der Waals surface area contributed by atoms with E-state index in [-0.39, 0.29) is 5.92 Å². The van der Waals surface area contributed by atoms with Crippen molar-refractivity contribution in [3.8, 4) is 17.2 Å². The van der Waals surface area contributed by atoms with Gasteiger partial charge in [0, 0.05) is 5.56 Å². The largest absolute Gasteiger partial charge is 0.493 e. The standard InChI is InChI=1S/C17H26O4/c1-11-6-5-7-12(10-11)15(18)13-8-9-14(19-2)17(21-4)16(13)20-3/h8-9,11-12,15,18H,5-7,10H2,1-4H3. The Morgan fingerprint density at radius 2 is 1.76 bits per heavy atom. The zero-order valence-corrected chi connectivity index (χ0v) is 13.4. The summed E-state index contributed by atoms with van der Waals surface area (Å²) in [5, 5.41) is 10.8. The monoisotopic (exact) mass is 294 g/mol. The molecule has 0 heterocycles. The van der Waals surface area contributed by atoms with Gasteiger partial charge in [0.25, 0.3) is 0 Å². The molecule has 21 heavy (non-hydrogen) atoms. The Morgan fingerprint density at radius 1 is 1.05 bits per heavy atom. The molecular formula is C17H26O4. The summed E-state index contributed by atoms with van der Waals surface area (Å²) >= 11 is 0. The normalized spacial score (nSPS) is 23.5. The predicted octanol–water partition coefficient (Wildman–Crippen LogP) is 3.57. The minimum absolute atomic E-state index is 0.278. The summed E-state index contributed by atoms with van der Waals surface area (Å²) in [5.41, 5.74) is 0.786. The molecule has 1 aliphatic carbocycles. The molecule has 0 aliphatic heterocycles. The van der Waals surface area contributed by atoms with Crippen LogP contribution in [-0.4, -0.2) is 26.4 Å². The Balaban J connectivity index is 2.33. The molecule has 1 saturated carbocycles. The molecule has 4 nitrogen and oxygen atoms in total. The maximum atomic E-state index is 10.8. The van der Waals surface area contributed by atoms with Crippen LogP contribution in [0.15, 0.2) is 12.1 Å². The fourth-order valence-electron chi connectivity index (χ4n) is 3.38. The van der Waals surface area contributed by atoms with Gasteiger partial charge in [-0.15, -0.1) is 0 Å². The Kier molecular flexibility index (Phi) is 5.34. The van der Waals surface area contributed by atoms with Crippen LogP contribution in [0.3, 0.4) is 0 Å². The van der Waals surface area contributed by atoms with E-state index in [9.17, 15) is 5.11 Å². The second kappa shape index (κ2) is 7.03. The van der Waals surface area contributed by atoms with Crippen LogP contribution in [-0.2, 0) is 0 Å². The third kappa shape index (κ3) is 3.26. The summed E-state index contributed by atoms with van der Waals surface area (Å²) in [5.74, 6) is 2.68. The van der Waals surface area contributed by atoms with E-state index in [4.69, 9.17) is 14.2 Å². The van der Waals surface area contributed by atoms with Crippen molar-refractivity contribution in [2.75, 3.05) is 21.3 Å². The van der Waals surface area contributed by atoms with Crippen molar-refractivity contribution < 1.29 is 19.3 Å². The van der Waals surface area contributed by atoms with Crippen LogP contribution in [0, 0.1) is 11.8 Å². The second-order valence-corrected chi connectivity index (χ2v) is 5.90. The highest BCUT2D eigenvalue weighted by Crippen LogP contribution is 2.46. The number of aliphatic hydroxyl groups is 1. The van der Waals surface area contributed by atoms with E-state index in [2.05, 4.69) is 6.92 Å². The summed E-state index contributed by atoms with van der Waals surface area (Å²) in [6.07, 6.45) is 4.02. The molecule has 4 heteroatoms. The van der Waals surface area contributed by atoms with Gasteiger partial charge in [0.05, 0.1) is 27.4 Å². The third-order valence-corrected chi connectivity index (χ3v) is 4.48. The van der Waals surface area contributed by atoms with Crippen LogP contribution in [0.5, 0.6) is 17.2 Å². The minimum atomic E-state index is -0.525. The van der Waals surface area contributed by atoms with Crippen molar-refractivity contribution in [3.05, 3.63) is 17.7 Å². The van der Waals surface area contributed by atoms with Crippen LogP contribution in [0.25, 0.3) is 0 Å². The van der Waals surface area contributed by atoms with Crippen molar-refractivity contribution in [3.63, 3.8) is 0 Å². The molecular weight excluding hydrogens is 268 g/mol. The highest BCUT2D eigenvalue weighted by atomic mass is 16.5. The van der Waals surface area contributed by atoms with Crippen molar-refractivity contribution in [2.24, 2.45) is 11.8 Å². The maximum absolute atomic E-state index is 10.8. The molecule has 1 aliphatic rings. The fraction of sp³-hybridized carbons (Fsp3) is 0.647. The number of ether oxygens (including phenoxy) is 3. The zero-order valence-electron chi connectivity index (χ0n) is 13.4. The minimum Gasteiger partial charge on any atom is -0.493 e. The predicted molar refractivity (Wildman–Crippen MR) is 82.2 cm³/mol. The zero-order chi connectivity index (χ0) is 15.4. The van der Waals surface area contributed by atoms with E-state index in [0.29, 0.717) is 23.2 Å². The maximum Gasteiger partial charge on any atom is 0.203 e. The second-order valence-electron chi connectivity index (χ2n) is 5.90. The van der Waals surface area contributed by atoms with Crippen molar-refractivity contribution in [1.29, 1.82) is 0 Å². The van der Waals surface area contributed by atoms with Gasteiger partial charge in [-0.3, -0.25) is 0 Å². The van der Waals surface area contributed by atoms with Gasteiger partial charge in [0.1, 0.15) is 0 Å². The first-order valence-corrected chi connectivity index (χ1v) is 7.59. The SMILES string of the molecule is COc1ccc(C(O)C2CCCC(C)C2)c(OC)c1OC. The first kappa shape index (κ1) is 16.0. The topological polar surface area (TPSA) is 47.9 Å². The molecule has 1 aromatic carbocycles. The molecule has 0 radical (unpaired) electrons. The molecule has 3 atom stereocenters. The van der Waals surface area contributed by atoms with Crippen LogP contribution in [0.2, 0.25) is 0 Å². The number of rotatable bonds is 5. The van der Waals surface area contributed by atoms with Gasteiger partial charge in [0.2, 0.25) is 5.75 Å². The third-order valence-electron chi connectivity index (χ3n) is 4.48. The van der Waals surface area contributed by atoms with E-state index in [1.807, 2.05) is 12.1 Å². The number of aliphatic hydroxyl groups excluding tert-OH is 1. The lowest BCUT2D eigenvalue weighted by molar-refractivity contribution is 0.0689. The van der Waals surface area contributed by atoms with Gasteiger partial charge in [-0.05, 0) is 36.8 Å². The molecule has 0 saturated heterocycles. The molecule has 1 fully saturated rings. The average Bonchev–Trinajstić information content (AvgIpc) is 2.52. The van der Waals surface area contributed by atoms with Crippen molar-refractivity contribution >= 4 is 0 Å². The Hall–Kier alpha value is -1.42. The van der Waals surface area contributed by atoms with Gasteiger partial charge in [-0.2, -0.15) is 0 Å². The Labute approximate surface area is 127 Å². The first-order valence-electron chi connectivity index (χ1n) is 7.59. The lowest BCUT2D eigenvalue weighted by atomic mass is 9.78. The molecule has 0 amide bonds. The van der Waals surface area contributed by atoms with Crippen LogP contribution < -0.4 is 14.2 Å². The highest BCUT2D eigenvalue weighted by molar-refractivity contribution is 5.56. The van der Waals surface area contributed by atoms with Crippen molar-refractivity contribution in [1.82, 2.24) is 0 Å². The van der Waals surface area contributed by atoms with Crippen LogP contribution >= 0.6 is 0 Å². The smallest absolute Gasteiger partial charge is 0.203 e. The average molecular weight is 294 g/mol. The van der Waals surface area contributed by atoms with E-state index >= 15 is 0 Å². The number of hydrogen-bond donors (Lipinski definition) is 1. The van der Waals surface area contributed by atoms with Gasteiger partial charge >= 0.3 is 0 Å². The summed E-state index contributed by atoms with van der Waals surface area (Å²) < 4.78 is 16.2. The summed E-state index contributed by atoms with van der Waals surface area (Å²) in [6.45, 7) is 2.25. The lowest BCUT2D eigenvalue weighted by Crippen LogP contribution is -2.20. The van der Waals surface area contributed by atoms with Gasteiger partial charge in [-0.1, -0.05) is 19.8 Å². The highest BCUT2D eigenvalue weighted by Gasteiger charge is 2.30.